The molecule has 2 heterocycles. The first kappa shape index (κ1) is 20.3. The fourth-order valence-corrected chi connectivity index (χ4v) is 3.06. The van der Waals surface area contributed by atoms with Crippen LogP contribution in [-0.2, 0) is 16.1 Å². The largest absolute Gasteiger partial charge is 0.489 e. The van der Waals surface area contributed by atoms with Gasteiger partial charge in [0.2, 0.25) is 12.7 Å². The van der Waals surface area contributed by atoms with Gasteiger partial charge in [0.15, 0.2) is 11.5 Å². The minimum atomic E-state index is -0.0353. The van der Waals surface area contributed by atoms with Gasteiger partial charge in [0.25, 0.3) is 0 Å². The number of halogens is 1. The van der Waals surface area contributed by atoms with E-state index >= 15 is 0 Å². The molecule has 1 unspecified atom stereocenters. The van der Waals surface area contributed by atoms with Crippen molar-refractivity contribution < 1.29 is 23.7 Å². The van der Waals surface area contributed by atoms with Crippen molar-refractivity contribution in [2.45, 2.75) is 19.1 Å². The van der Waals surface area contributed by atoms with E-state index in [4.69, 9.17) is 18.9 Å². The Morgan fingerprint density at radius 2 is 2.07 bits per heavy atom. The van der Waals surface area contributed by atoms with E-state index in [0.717, 1.165) is 23.5 Å². The zero-order valence-electron chi connectivity index (χ0n) is 15.3. The van der Waals surface area contributed by atoms with Crippen molar-refractivity contribution in [3.05, 3.63) is 48.0 Å². The lowest BCUT2D eigenvalue weighted by atomic mass is 10.1. The zero-order chi connectivity index (χ0) is 18.5. The molecule has 28 heavy (non-hydrogen) atoms. The molecule has 0 radical (unpaired) electrons. The molecule has 2 aliphatic heterocycles. The Bertz CT molecular complexity index is 811. The predicted molar refractivity (Wildman–Crippen MR) is 106 cm³/mol. The molecule has 8 heteroatoms. The maximum absolute atomic E-state index is 12.2. The third-order valence-corrected chi connectivity index (χ3v) is 4.39. The number of carbonyl (C=O) groups excluding carboxylic acids is 1. The third-order valence-electron chi connectivity index (χ3n) is 4.39. The van der Waals surface area contributed by atoms with Crippen molar-refractivity contribution in [2.75, 3.05) is 31.9 Å². The SMILES string of the molecule is Cl.O=C(CC1COCCN1)Nc1cccc(COc2ccc3c(c2)OCO3)c1. The van der Waals surface area contributed by atoms with E-state index in [2.05, 4.69) is 10.6 Å². The first-order valence-corrected chi connectivity index (χ1v) is 8.99. The highest BCUT2D eigenvalue weighted by Gasteiger charge is 2.17. The van der Waals surface area contributed by atoms with E-state index in [-0.39, 0.29) is 31.1 Å². The molecular weight excluding hydrogens is 384 g/mol. The van der Waals surface area contributed by atoms with Crippen LogP contribution in [0.2, 0.25) is 0 Å². The summed E-state index contributed by atoms with van der Waals surface area (Å²) in [5.41, 5.74) is 1.72. The van der Waals surface area contributed by atoms with Crippen molar-refractivity contribution in [1.29, 1.82) is 0 Å². The van der Waals surface area contributed by atoms with Gasteiger partial charge in [0.1, 0.15) is 12.4 Å². The molecule has 2 N–H and O–H groups in total. The fraction of sp³-hybridized carbons (Fsp3) is 0.350. The molecule has 4 rings (SSSR count). The first-order chi connectivity index (χ1) is 13.3. The Morgan fingerprint density at radius 3 is 2.93 bits per heavy atom. The highest BCUT2D eigenvalue weighted by Crippen LogP contribution is 2.35. The van der Waals surface area contributed by atoms with Gasteiger partial charge >= 0.3 is 0 Å². The van der Waals surface area contributed by atoms with Gasteiger partial charge in [0.05, 0.1) is 13.2 Å². The standard InChI is InChI=1S/C20H22N2O5.ClH/c23-20(9-16-12-24-7-6-21-16)22-15-3-1-2-14(8-15)11-25-17-4-5-18-19(10-17)27-13-26-18;/h1-5,8,10,16,21H,6-7,9,11-13H2,(H,22,23);1H. The second-order valence-electron chi connectivity index (χ2n) is 6.48. The van der Waals surface area contributed by atoms with Gasteiger partial charge in [-0.3, -0.25) is 4.79 Å². The van der Waals surface area contributed by atoms with E-state index in [0.29, 0.717) is 37.7 Å². The van der Waals surface area contributed by atoms with Crippen molar-refractivity contribution in [1.82, 2.24) is 5.32 Å². The van der Waals surface area contributed by atoms with Crippen LogP contribution >= 0.6 is 12.4 Å². The summed E-state index contributed by atoms with van der Waals surface area (Å²) in [6.45, 7) is 2.68. The number of carbonyl (C=O) groups is 1. The quantitative estimate of drug-likeness (QED) is 0.768. The smallest absolute Gasteiger partial charge is 0.231 e. The summed E-state index contributed by atoms with van der Waals surface area (Å²) in [5.74, 6) is 2.09. The Kier molecular flexibility index (Phi) is 6.97. The van der Waals surface area contributed by atoms with Gasteiger partial charge in [-0.2, -0.15) is 0 Å². The highest BCUT2D eigenvalue weighted by atomic mass is 35.5. The minimum absolute atomic E-state index is 0. The van der Waals surface area contributed by atoms with Crippen molar-refractivity contribution >= 4 is 24.0 Å². The lowest BCUT2D eigenvalue weighted by Gasteiger charge is -2.23. The van der Waals surface area contributed by atoms with Crippen LogP contribution in [0.5, 0.6) is 17.2 Å². The minimum Gasteiger partial charge on any atom is -0.489 e. The van der Waals surface area contributed by atoms with Crippen LogP contribution in [-0.4, -0.2) is 38.5 Å². The van der Waals surface area contributed by atoms with E-state index in [9.17, 15) is 4.79 Å². The van der Waals surface area contributed by atoms with Gasteiger partial charge in [-0.25, -0.2) is 0 Å². The predicted octanol–water partition coefficient (Wildman–Crippen LogP) is 2.73. The van der Waals surface area contributed by atoms with Crippen LogP contribution in [0.25, 0.3) is 0 Å². The molecule has 0 aliphatic carbocycles. The Labute approximate surface area is 169 Å². The number of hydrogen-bond donors (Lipinski definition) is 2. The second-order valence-corrected chi connectivity index (χ2v) is 6.48. The molecule has 1 fully saturated rings. The van der Waals surface area contributed by atoms with Crippen molar-refractivity contribution in [2.24, 2.45) is 0 Å². The van der Waals surface area contributed by atoms with Crippen LogP contribution < -0.4 is 24.8 Å². The van der Waals surface area contributed by atoms with Crippen LogP contribution in [0.3, 0.4) is 0 Å². The number of benzene rings is 2. The summed E-state index contributed by atoms with van der Waals surface area (Å²) < 4.78 is 21.8. The summed E-state index contributed by atoms with van der Waals surface area (Å²) in [5, 5.41) is 6.21. The van der Waals surface area contributed by atoms with Gasteiger partial charge < -0.3 is 29.6 Å². The summed E-state index contributed by atoms with van der Waals surface area (Å²) in [4.78, 5) is 12.2. The van der Waals surface area contributed by atoms with E-state index in [1.54, 1.807) is 0 Å². The Hall–Kier alpha value is -2.48. The summed E-state index contributed by atoms with van der Waals surface area (Å²) in [6.07, 6.45) is 0.387. The van der Waals surface area contributed by atoms with Gasteiger partial charge in [-0.15, -0.1) is 12.4 Å². The molecule has 2 aromatic rings. The lowest BCUT2D eigenvalue weighted by molar-refractivity contribution is -0.117. The zero-order valence-corrected chi connectivity index (χ0v) is 16.1. The summed E-state index contributed by atoms with van der Waals surface area (Å²) in [6, 6.07) is 13.2. The van der Waals surface area contributed by atoms with Gasteiger partial charge in [-0.05, 0) is 29.8 Å². The number of morpholine rings is 1. The third kappa shape index (κ3) is 5.28. The van der Waals surface area contributed by atoms with E-state index < -0.39 is 0 Å². The number of nitrogens with one attached hydrogen (secondary N) is 2. The molecule has 7 nitrogen and oxygen atoms in total. The average Bonchev–Trinajstić information content (AvgIpc) is 3.15. The van der Waals surface area contributed by atoms with Crippen molar-refractivity contribution in [3.63, 3.8) is 0 Å². The molecule has 1 atom stereocenters. The van der Waals surface area contributed by atoms with Crippen molar-refractivity contribution in [3.8, 4) is 17.2 Å². The van der Waals surface area contributed by atoms with Crippen LogP contribution in [0.4, 0.5) is 5.69 Å². The first-order valence-electron chi connectivity index (χ1n) is 8.99. The summed E-state index contributed by atoms with van der Waals surface area (Å²) in [7, 11) is 0. The van der Waals surface area contributed by atoms with E-state index in [1.807, 2.05) is 42.5 Å². The molecular formula is C20H23ClN2O5. The molecule has 0 aromatic heterocycles. The molecule has 0 saturated carbocycles. The molecule has 2 aromatic carbocycles. The monoisotopic (exact) mass is 406 g/mol. The average molecular weight is 407 g/mol. The summed E-state index contributed by atoms with van der Waals surface area (Å²) >= 11 is 0. The van der Waals surface area contributed by atoms with Gasteiger partial charge in [0, 0.05) is 30.8 Å². The molecule has 1 saturated heterocycles. The van der Waals surface area contributed by atoms with Crippen LogP contribution in [0, 0.1) is 0 Å². The van der Waals surface area contributed by atoms with Crippen LogP contribution in [0.15, 0.2) is 42.5 Å². The van der Waals surface area contributed by atoms with Crippen LogP contribution in [0.1, 0.15) is 12.0 Å². The lowest BCUT2D eigenvalue weighted by Crippen LogP contribution is -2.43. The van der Waals surface area contributed by atoms with E-state index in [1.165, 1.54) is 0 Å². The molecule has 0 bridgehead atoms. The molecule has 1 amide bonds. The normalized spacial score (nSPS) is 17.5. The number of hydrogen-bond acceptors (Lipinski definition) is 6. The second kappa shape index (κ2) is 9.64. The topological polar surface area (TPSA) is 78.1 Å². The number of rotatable bonds is 6. The number of ether oxygens (including phenoxy) is 4. The number of amides is 1. The maximum Gasteiger partial charge on any atom is 0.231 e. The molecule has 0 spiro atoms. The maximum atomic E-state index is 12.2. The fourth-order valence-electron chi connectivity index (χ4n) is 3.06. The Morgan fingerprint density at radius 1 is 1.18 bits per heavy atom. The molecule has 150 valence electrons. The van der Waals surface area contributed by atoms with Gasteiger partial charge in [-0.1, -0.05) is 12.1 Å². The Balaban J connectivity index is 0.00000225. The number of fused-ring (bicyclic) bond motifs is 1. The number of anilines is 1. The highest BCUT2D eigenvalue weighted by molar-refractivity contribution is 5.91. The molecule has 2 aliphatic rings.